The van der Waals surface area contributed by atoms with Gasteiger partial charge in [-0.1, -0.05) is 25.4 Å². The summed E-state index contributed by atoms with van der Waals surface area (Å²) in [5, 5.41) is 11.7. The molecule has 1 rings (SSSR count). The van der Waals surface area contributed by atoms with E-state index in [4.69, 9.17) is 26.2 Å². The zero-order valence-corrected chi connectivity index (χ0v) is 14.3. The number of carbonyl (C=O) groups is 2. The van der Waals surface area contributed by atoms with Crippen LogP contribution in [-0.4, -0.2) is 37.2 Å². The number of amides is 1. The monoisotopic (exact) mass is 343 g/mol. The lowest BCUT2D eigenvalue weighted by Crippen LogP contribution is -2.29. The van der Waals surface area contributed by atoms with Crippen LogP contribution in [0.15, 0.2) is 12.1 Å². The summed E-state index contributed by atoms with van der Waals surface area (Å²) in [6.45, 7) is 4.48. The van der Waals surface area contributed by atoms with Crippen molar-refractivity contribution in [1.82, 2.24) is 5.32 Å². The summed E-state index contributed by atoms with van der Waals surface area (Å²) in [7, 11) is 1.47. The molecule has 0 aliphatic carbocycles. The molecule has 128 valence electrons. The van der Waals surface area contributed by atoms with Crippen LogP contribution in [0, 0.1) is 5.92 Å². The summed E-state index contributed by atoms with van der Waals surface area (Å²) in [4.78, 5) is 22.8. The number of hydrogen-bond acceptors (Lipinski definition) is 4. The smallest absolute Gasteiger partial charge is 0.303 e. The molecule has 23 heavy (non-hydrogen) atoms. The van der Waals surface area contributed by atoms with Crippen LogP contribution in [0.2, 0.25) is 5.02 Å². The van der Waals surface area contributed by atoms with E-state index in [1.807, 2.05) is 6.92 Å². The first-order valence-corrected chi connectivity index (χ1v) is 7.77. The van der Waals surface area contributed by atoms with E-state index in [2.05, 4.69) is 5.32 Å². The molecule has 0 aliphatic heterocycles. The number of carbonyl (C=O) groups excluding carboxylic acids is 1. The Morgan fingerprint density at radius 1 is 1.39 bits per heavy atom. The van der Waals surface area contributed by atoms with E-state index in [0.29, 0.717) is 28.7 Å². The molecule has 0 saturated carbocycles. The Labute approximate surface area is 140 Å². The molecule has 0 bridgehead atoms. The van der Waals surface area contributed by atoms with Gasteiger partial charge in [0.15, 0.2) is 11.5 Å². The third kappa shape index (κ3) is 5.98. The quantitative estimate of drug-likeness (QED) is 0.720. The van der Waals surface area contributed by atoms with Crippen molar-refractivity contribution in [3.05, 3.63) is 22.7 Å². The molecule has 2 N–H and O–H groups in total. The second-order valence-electron chi connectivity index (χ2n) is 5.25. The number of carboxylic acid groups (broad SMARTS) is 1. The summed E-state index contributed by atoms with van der Waals surface area (Å²) < 4.78 is 10.8. The number of nitrogens with one attached hydrogen (secondary N) is 1. The van der Waals surface area contributed by atoms with Crippen LogP contribution in [-0.2, 0) is 4.79 Å². The van der Waals surface area contributed by atoms with Crippen molar-refractivity contribution in [3.63, 3.8) is 0 Å². The highest BCUT2D eigenvalue weighted by atomic mass is 35.5. The average molecular weight is 344 g/mol. The van der Waals surface area contributed by atoms with E-state index in [0.717, 1.165) is 6.42 Å². The largest absolute Gasteiger partial charge is 0.493 e. The van der Waals surface area contributed by atoms with E-state index in [1.54, 1.807) is 13.0 Å². The summed E-state index contributed by atoms with van der Waals surface area (Å²) in [5.74, 6) is -0.610. The minimum Gasteiger partial charge on any atom is -0.493 e. The van der Waals surface area contributed by atoms with Crippen molar-refractivity contribution in [2.75, 3.05) is 20.3 Å². The Bertz CT molecular complexity index is 562. The van der Waals surface area contributed by atoms with Gasteiger partial charge in [-0.25, -0.2) is 0 Å². The fourth-order valence-electron chi connectivity index (χ4n) is 1.93. The molecule has 1 aromatic carbocycles. The van der Waals surface area contributed by atoms with Gasteiger partial charge in [-0.15, -0.1) is 0 Å². The highest BCUT2D eigenvalue weighted by Gasteiger charge is 2.16. The normalized spacial score (nSPS) is 11.7. The van der Waals surface area contributed by atoms with Gasteiger partial charge in [-0.05, 0) is 24.5 Å². The number of benzene rings is 1. The Morgan fingerprint density at radius 2 is 2.09 bits per heavy atom. The van der Waals surface area contributed by atoms with Crippen LogP contribution < -0.4 is 14.8 Å². The van der Waals surface area contributed by atoms with Crippen LogP contribution in [0.5, 0.6) is 11.5 Å². The minimum absolute atomic E-state index is 0.00580. The van der Waals surface area contributed by atoms with Crippen molar-refractivity contribution < 1.29 is 24.2 Å². The summed E-state index contributed by atoms with van der Waals surface area (Å²) in [5.41, 5.74) is 0.332. The van der Waals surface area contributed by atoms with E-state index >= 15 is 0 Å². The molecule has 0 aromatic heterocycles. The molecule has 7 heteroatoms. The van der Waals surface area contributed by atoms with Gasteiger partial charge in [0.1, 0.15) is 0 Å². The van der Waals surface area contributed by atoms with Gasteiger partial charge >= 0.3 is 5.97 Å². The van der Waals surface area contributed by atoms with Crippen molar-refractivity contribution >= 4 is 23.5 Å². The van der Waals surface area contributed by atoms with Gasteiger partial charge in [-0.3, -0.25) is 9.59 Å². The molecule has 0 fully saturated rings. The third-order valence-electron chi connectivity index (χ3n) is 3.08. The van der Waals surface area contributed by atoms with Crippen molar-refractivity contribution in [1.29, 1.82) is 0 Å². The average Bonchev–Trinajstić information content (AvgIpc) is 2.50. The van der Waals surface area contributed by atoms with Gasteiger partial charge in [-0.2, -0.15) is 0 Å². The minimum atomic E-state index is -0.895. The summed E-state index contributed by atoms with van der Waals surface area (Å²) >= 11 is 6.16. The van der Waals surface area contributed by atoms with Crippen molar-refractivity contribution in [3.8, 4) is 11.5 Å². The lowest BCUT2D eigenvalue weighted by molar-refractivity contribution is -0.137. The SMILES string of the molecule is CCCOc1c(Cl)cc(C(=O)NCC(C)CC(=O)O)cc1OC. The molecule has 6 nitrogen and oxygen atoms in total. The number of aliphatic carboxylic acids is 1. The number of halogens is 1. The Balaban J connectivity index is 2.81. The standard InChI is InChI=1S/C16H22ClNO5/c1-4-5-23-15-12(17)7-11(8-13(15)22-3)16(21)18-9-10(2)6-14(19)20/h7-8,10H,4-6,9H2,1-3H3,(H,18,21)(H,19,20). The first-order valence-electron chi connectivity index (χ1n) is 7.39. The molecular weight excluding hydrogens is 322 g/mol. The first kappa shape index (κ1) is 19.1. The number of methoxy groups -OCH3 is 1. The molecule has 0 radical (unpaired) electrons. The van der Waals surface area contributed by atoms with Crippen LogP contribution in [0.4, 0.5) is 0 Å². The van der Waals surface area contributed by atoms with E-state index in [9.17, 15) is 9.59 Å². The second kappa shape index (κ2) is 9.25. The zero-order chi connectivity index (χ0) is 17.4. The van der Waals surface area contributed by atoms with Gasteiger partial charge in [0.2, 0.25) is 0 Å². The lowest BCUT2D eigenvalue weighted by Gasteiger charge is -2.14. The number of hydrogen-bond donors (Lipinski definition) is 2. The maximum Gasteiger partial charge on any atom is 0.303 e. The lowest BCUT2D eigenvalue weighted by atomic mass is 10.1. The molecule has 1 atom stereocenters. The highest BCUT2D eigenvalue weighted by Crippen LogP contribution is 2.36. The van der Waals surface area contributed by atoms with Gasteiger partial charge in [0, 0.05) is 18.5 Å². The van der Waals surface area contributed by atoms with Crippen LogP contribution in [0.25, 0.3) is 0 Å². The van der Waals surface area contributed by atoms with E-state index in [-0.39, 0.29) is 24.8 Å². The molecular formula is C16H22ClNO5. The van der Waals surface area contributed by atoms with Gasteiger partial charge in [0.05, 0.1) is 18.7 Å². The number of ether oxygens (including phenoxy) is 2. The molecule has 0 aliphatic rings. The summed E-state index contributed by atoms with van der Waals surface area (Å²) in [6.07, 6.45) is 0.817. The fraction of sp³-hybridized carbons (Fsp3) is 0.500. The predicted molar refractivity (Wildman–Crippen MR) is 87.5 cm³/mol. The topological polar surface area (TPSA) is 84.9 Å². The molecule has 1 unspecified atom stereocenters. The Morgan fingerprint density at radius 3 is 2.65 bits per heavy atom. The fourth-order valence-corrected chi connectivity index (χ4v) is 2.20. The Hall–Kier alpha value is -1.95. The van der Waals surface area contributed by atoms with Crippen LogP contribution in [0.1, 0.15) is 37.0 Å². The van der Waals surface area contributed by atoms with E-state index in [1.165, 1.54) is 13.2 Å². The maximum atomic E-state index is 12.2. The van der Waals surface area contributed by atoms with Crippen molar-refractivity contribution in [2.24, 2.45) is 5.92 Å². The highest BCUT2D eigenvalue weighted by molar-refractivity contribution is 6.32. The first-order chi connectivity index (χ1) is 10.9. The predicted octanol–water partition coefficient (Wildman–Crippen LogP) is 2.98. The molecule has 0 spiro atoms. The molecule has 0 heterocycles. The number of carboxylic acids is 1. The molecule has 1 aromatic rings. The summed E-state index contributed by atoms with van der Waals surface area (Å²) in [6, 6.07) is 3.06. The third-order valence-corrected chi connectivity index (χ3v) is 3.36. The van der Waals surface area contributed by atoms with Crippen molar-refractivity contribution in [2.45, 2.75) is 26.7 Å². The van der Waals surface area contributed by atoms with Gasteiger partial charge in [0.25, 0.3) is 5.91 Å². The van der Waals surface area contributed by atoms with Gasteiger partial charge < -0.3 is 19.9 Å². The van der Waals surface area contributed by atoms with Crippen LogP contribution in [0.3, 0.4) is 0 Å². The Kier molecular flexibility index (Phi) is 7.68. The van der Waals surface area contributed by atoms with Crippen LogP contribution >= 0.6 is 11.6 Å². The number of rotatable bonds is 9. The second-order valence-corrected chi connectivity index (χ2v) is 5.66. The maximum absolute atomic E-state index is 12.2. The zero-order valence-electron chi connectivity index (χ0n) is 13.5. The molecule has 1 amide bonds. The van der Waals surface area contributed by atoms with E-state index < -0.39 is 5.97 Å². The molecule has 0 saturated heterocycles.